The van der Waals surface area contributed by atoms with Crippen molar-refractivity contribution in [1.82, 2.24) is 5.32 Å². The average Bonchev–Trinajstić information content (AvgIpc) is 3.05. The summed E-state index contributed by atoms with van der Waals surface area (Å²) in [6.07, 6.45) is 5.37. The number of carbonyl (C=O) groups is 2. The van der Waals surface area contributed by atoms with Crippen molar-refractivity contribution in [2.75, 3.05) is 11.9 Å². The van der Waals surface area contributed by atoms with Gasteiger partial charge in [-0.1, -0.05) is 18.7 Å². The molecular weight excluding hydrogens is 292 g/mol. The fourth-order valence-corrected chi connectivity index (χ4v) is 3.28. The number of aryl methyl sites for hydroxylation is 1. The van der Waals surface area contributed by atoms with Crippen molar-refractivity contribution in [3.05, 3.63) is 42.0 Å². The number of hydrogen-bond donors (Lipinski definition) is 2. The maximum atomic E-state index is 12.4. The minimum Gasteiger partial charge on any atom is -0.366 e. The molecule has 1 fully saturated rings. The van der Waals surface area contributed by atoms with E-state index in [9.17, 15) is 9.59 Å². The Morgan fingerprint density at radius 2 is 2.13 bits per heavy atom. The summed E-state index contributed by atoms with van der Waals surface area (Å²) in [7, 11) is 0. The largest absolute Gasteiger partial charge is 0.366 e. The molecule has 0 radical (unpaired) electrons. The van der Waals surface area contributed by atoms with Gasteiger partial charge in [-0.15, -0.1) is 0 Å². The maximum Gasteiger partial charge on any atom is 0.253 e. The van der Waals surface area contributed by atoms with Crippen molar-refractivity contribution in [2.24, 2.45) is 0 Å². The van der Waals surface area contributed by atoms with E-state index in [2.05, 4.69) is 23.3 Å². The third kappa shape index (κ3) is 3.62. The number of amides is 2. The van der Waals surface area contributed by atoms with Crippen molar-refractivity contribution in [3.63, 3.8) is 0 Å². The van der Waals surface area contributed by atoms with Crippen LogP contribution in [0.5, 0.6) is 0 Å². The van der Waals surface area contributed by atoms with E-state index in [1.165, 1.54) is 17.2 Å². The van der Waals surface area contributed by atoms with E-state index in [-0.39, 0.29) is 17.9 Å². The summed E-state index contributed by atoms with van der Waals surface area (Å²) < 4.78 is 5.63. The molecule has 0 unspecified atom stereocenters. The van der Waals surface area contributed by atoms with Gasteiger partial charge in [-0.25, -0.2) is 0 Å². The van der Waals surface area contributed by atoms with E-state index in [1.807, 2.05) is 12.1 Å². The van der Waals surface area contributed by atoms with E-state index in [1.54, 1.807) is 0 Å². The molecule has 0 spiro atoms. The van der Waals surface area contributed by atoms with Crippen LogP contribution in [-0.4, -0.2) is 30.6 Å². The molecule has 23 heavy (non-hydrogen) atoms. The summed E-state index contributed by atoms with van der Waals surface area (Å²) in [6, 6.07) is 6.02. The highest BCUT2D eigenvalue weighted by molar-refractivity contribution is 5.95. The smallest absolute Gasteiger partial charge is 0.253 e. The molecule has 1 aromatic carbocycles. The second-order valence-electron chi connectivity index (χ2n) is 6.10. The average molecular weight is 314 g/mol. The first-order valence-corrected chi connectivity index (χ1v) is 8.13. The van der Waals surface area contributed by atoms with Crippen LogP contribution in [0.4, 0.5) is 5.69 Å². The minimum atomic E-state index is -0.454. The van der Waals surface area contributed by atoms with Crippen LogP contribution in [0.15, 0.2) is 30.9 Å². The van der Waals surface area contributed by atoms with Crippen molar-refractivity contribution in [2.45, 2.75) is 44.2 Å². The number of nitrogens with one attached hydrogen (secondary N) is 2. The van der Waals surface area contributed by atoms with Crippen LogP contribution < -0.4 is 10.6 Å². The van der Waals surface area contributed by atoms with E-state index in [4.69, 9.17) is 4.74 Å². The third-order valence-corrected chi connectivity index (χ3v) is 4.50. The summed E-state index contributed by atoms with van der Waals surface area (Å²) in [5.74, 6) is -0.305. The number of ether oxygens (including phenoxy) is 1. The molecule has 0 saturated carbocycles. The Bertz CT molecular complexity index is 619. The summed E-state index contributed by atoms with van der Waals surface area (Å²) in [4.78, 5) is 23.7. The van der Waals surface area contributed by atoms with Crippen LogP contribution in [0, 0.1) is 0 Å². The zero-order valence-corrected chi connectivity index (χ0v) is 13.1. The molecule has 1 aromatic rings. The van der Waals surface area contributed by atoms with Crippen LogP contribution in [0.25, 0.3) is 0 Å². The molecule has 5 nitrogen and oxygen atoms in total. The lowest BCUT2D eigenvalue weighted by molar-refractivity contribution is -0.131. The van der Waals surface area contributed by atoms with Gasteiger partial charge in [0.2, 0.25) is 5.91 Å². The van der Waals surface area contributed by atoms with Crippen molar-refractivity contribution < 1.29 is 14.3 Å². The van der Waals surface area contributed by atoms with Crippen molar-refractivity contribution in [3.8, 4) is 0 Å². The van der Waals surface area contributed by atoms with Crippen LogP contribution in [0.3, 0.4) is 0 Å². The fraction of sp³-hybridized carbons (Fsp3) is 0.444. The Hall–Kier alpha value is -2.14. The Kier molecular flexibility index (Phi) is 4.76. The lowest BCUT2D eigenvalue weighted by Gasteiger charge is -2.28. The Balaban J connectivity index is 1.55. The number of carbonyl (C=O) groups excluding carboxylic acids is 2. The lowest BCUT2D eigenvalue weighted by Crippen LogP contribution is -2.45. The normalized spacial score (nSPS) is 23.0. The van der Waals surface area contributed by atoms with Gasteiger partial charge in [-0.2, -0.15) is 0 Å². The fourth-order valence-electron chi connectivity index (χ4n) is 3.28. The Morgan fingerprint density at radius 1 is 1.26 bits per heavy atom. The molecular formula is C18H22N2O3. The molecule has 0 aromatic heterocycles. The van der Waals surface area contributed by atoms with E-state index < -0.39 is 6.10 Å². The number of fused-ring (bicyclic) bond motifs is 1. The molecule has 122 valence electrons. The second kappa shape index (κ2) is 6.96. The van der Waals surface area contributed by atoms with Gasteiger partial charge in [0.15, 0.2) is 0 Å². The lowest BCUT2D eigenvalue weighted by atomic mass is 10.0. The first kappa shape index (κ1) is 15.7. The molecule has 0 bridgehead atoms. The Labute approximate surface area is 136 Å². The number of hydrogen-bond acceptors (Lipinski definition) is 3. The molecule has 1 heterocycles. The summed E-state index contributed by atoms with van der Waals surface area (Å²) in [5, 5.41) is 5.81. The van der Waals surface area contributed by atoms with Gasteiger partial charge in [0.1, 0.15) is 6.10 Å². The van der Waals surface area contributed by atoms with E-state index in [0.29, 0.717) is 13.0 Å². The van der Waals surface area contributed by atoms with Gasteiger partial charge < -0.3 is 15.4 Å². The molecule has 2 aliphatic rings. The van der Waals surface area contributed by atoms with Gasteiger partial charge >= 0.3 is 0 Å². The van der Waals surface area contributed by atoms with Gasteiger partial charge in [0.25, 0.3) is 5.91 Å². The van der Waals surface area contributed by atoms with Crippen LogP contribution in [0.1, 0.15) is 30.4 Å². The summed E-state index contributed by atoms with van der Waals surface area (Å²) >= 11 is 0. The molecule has 2 atom stereocenters. The van der Waals surface area contributed by atoms with Crippen LogP contribution in [-0.2, 0) is 27.2 Å². The molecule has 5 heteroatoms. The minimum absolute atomic E-state index is 0.0504. The highest BCUT2D eigenvalue weighted by Crippen LogP contribution is 2.29. The van der Waals surface area contributed by atoms with Crippen LogP contribution >= 0.6 is 0 Å². The van der Waals surface area contributed by atoms with Crippen LogP contribution in [0.2, 0.25) is 0 Å². The Morgan fingerprint density at radius 3 is 2.87 bits per heavy atom. The zero-order valence-electron chi connectivity index (χ0n) is 13.1. The highest BCUT2D eigenvalue weighted by Gasteiger charge is 2.28. The third-order valence-electron chi connectivity index (χ3n) is 4.50. The molecule has 1 aliphatic carbocycles. The van der Waals surface area contributed by atoms with Gasteiger partial charge in [0, 0.05) is 5.69 Å². The van der Waals surface area contributed by atoms with Gasteiger partial charge in [-0.3, -0.25) is 9.59 Å². The number of anilines is 1. The first-order valence-electron chi connectivity index (χ1n) is 8.13. The van der Waals surface area contributed by atoms with Crippen molar-refractivity contribution in [1.29, 1.82) is 0 Å². The van der Waals surface area contributed by atoms with E-state index in [0.717, 1.165) is 31.4 Å². The van der Waals surface area contributed by atoms with Crippen molar-refractivity contribution >= 4 is 17.5 Å². The standard InChI is InChI=1S/C18H22N2O3/c1-2-17(21)19-13-9-10-16(23-11-13)18(22)20-15-8-4-6-12-5-3-7-14(12)15/h2,4,6,8,13,16H,1,3,5,7,9-11H2,(H,19,21)(H,20,22)/t13-,16+/m1/s1. The molecule has 1 saturated heterocycles. The monoisotopic (exact) mass is 314 g/mol. The zero-order chi connectivity index (χ0) is 16.2. The molecule has 3 rings (SSSR count). The summed E-state index contributed by atoms with van der Waals surface area (Å²) in [6.45, 7) is 3.78. The van der Waals surface area contributed by atoms with E-state index >= 15 is 0 Å². The second-order valence-corrected chi connectivity index (χ2v) is 6.10. The van der Waals surface area contributed by atoms with Gasteiger partial charge in [0.05, 0.1) is 12.6 Å². The van der Waals surface area contributed by atoms with Gasteiger partial charge in [-0.05, 0) is 55.4 Å². The predicted octanol–water partition coefficient (Wildman–Crippen LogP) is 1.96. The first-order chi connectivity index (χ1) is 11.2. The maximum absolute atomic E-state index is 12.4. The topological polar surface area (TPSA) is 67.4 Å². The predicted molar refractivity (Wildman–Crippen MR) is 88.2 cm³/mol. The highest BCUT2D eigenvalue weighted by atomic mass is 16.5. The molecule has 1 aliphatic heterocycles. The SMILES string of the molecule is C=CC(=O)N[C@@H]1CC[C@@H](C(=O)Nc2cccc3c2CCC3)OC1. The summed E-state index contributed by atoms with van der Waals surface area (Å²) in [5.41, 5.74) is 3.50. The number of benzene rings is 1. The quantitative estimate of drug-likeness (QED) is 0.835. The molecule has 2 amide bonds. The number of rotatable bonds is 4. The molecule has 2 N–H and O–H groups in total.